The number of aromatic nitrogens is 2. The van der Waals surface area contributed by atoms with E-state index in [4.69, 9.17) is 8.94 Å². The van der Waals surface area contributed by atoms with E-state index in [9.17, 15) is 4.79 Å². The van der Waals surface area contributed by atoms with Crippen molar-refractivity contribution in [2.75, 3.05) is 31.1 Å². The number of piperazine rings is 1. The van der Waals surface area contributed by atoms with Crippen molar-refractivity contribution >= 4 is 18.0 Å². The number of hydrogen-bond donors (Lipinski definition) is 0. The summed E-state index contributed by atoms with van der Waals surface area (Å²) in [5.41, 5.74) is 0.916. The molecule has 0 spiro atoms. The van der Waals surface area contributed by atoms with Gasteiger partial charge in [0.25, 0.3) is 0 Å². The molecule has 1 amide bonds. The van der Waals surface area contributed by atoms with Crippen molar-refractivity contribution in [3.63, 3.8) is 0 Å². The van der Waals surface area contributed by atoms with Crippen LogP contribution in [0.25, 0.3) is 17.5 Å². The maximum atomic E-state index is 12.3. The van der Waals surface area contributed by atoms with Crippen LogP contribution in [-0.2, 0) is 4.79 Å². The minimum absolute atomic E-state index is 0.0310. The SMILES string of the molecule is O=C(C=Cc1ccco1)N1CCN(c2nc(-c3ccccc3)no2)CC1. The van der Waals surface area contributed by atoms with E-state index in [1.807, 2.05) is 41.3 Å². The van der Waals surface area contributed by atoms with Crippen LogP contribution in [0.5, 0.6) is 0 Å². The van der Waals surface area contributed by atoms with Crippen LogP contribution in [0.4, 0.5) is 6.01 Å². The first-order chi connectivity index (χ1) is 12.8. The molecule has 4 rings (SSSR count). The average molecular weight is 350 g/mol. The Morgan fingerprint density at radius 3 is 2.58 bits per heavy atom. The maximum Gasteiger partial charge on any atom is 0.324 e. The van der Waals surface area contributed by atoms with Gasteiger partial charge >= 0.3 is 6.01 Å². The molecule has 132 valence electrons. The lowest BCUT2D eigenvalue weighted by atomic mass is 10.2. The molecule has 1 saturated heterocycles. The van der Waals surface area contributed by atoms with Gasteiger partial charge in [0.2, 0.25) is 11.7 Å². The second-order valence-electron chi connectivity index (χ2n) is 5.93. The van der Waals surface area contributed by atoms with Gasteiger partial charge in [-0.05, 0) is 18.2 Å². The van der Waals surface area contributed by atoms with Crippen LogP contribution in [0.1, 0.15) is 5.76 Å². The Labute approximate surface area is 150 Å². The summed E-state index contributed by atoms with van der Waals surface area (Å²) in [5.74, 6) is 1.20. The van der Waals surface area contributed by atoms with Gasteiger partial charge in [-0.3, -0.25) is 4.79 Å². The lowest BCUT2D eigenvalue weighted by Gasteiger charge is -2.32. The second kappa shape index (κ2) is 7.26. The number of benzene rings is 1. The fourth-order valence-corrected chi connectivity index (χ4v) is 2.81. The lowest BCUT2D eigenvalue weighted by Crippen LogP contribution is -2.48. The third-order valence-corrected chi connectivity index (χ3v) is 4.24. The third-order valence-electron chi connectivity index (χ3n) is 4.24. The zero-order valence-electron chi connectivity index (χ0n) is 14.1. The first kappa shape index (κ1) is 16.1. The summed E-state index contributed by atoms with van der Waals surface area (Å²) in [5, 5.41) is 4.04. The highest BCUT2D eigenvalue weighted by molar-refractivity contribution is 5.91. The van der Waals surface area contributed by atoms with E-state index in [1.54, 1.807) is 23.3 Å². The highest BCUT2D eigenvalue weighted by Crippen LogP contribution is 2.20. The molecule has 7 nitrogen and oxygen atoms in total. The summed E-state index contributed by atoms with van der Waals surface area (Å²) in [6.45, 7) is 2.50. The van der Waals surface area contributed by atoms with E-state index < -0.39 is 0 Å². The zero-order chi connectivity index (χ0) is 17.8. The summed E-state index contributed by atoms with van der Waals surface area (Å²) in [7, 11) is 0. The van der Waals surface area contributed by atoms with Gasteiger partial charge in [0.15, 0.2) is 0 Å². The van der Waals surface area contributed by atoms with Gasteiger partial charge in [0.05, 0.1) is 6.26 Å². The fourth-order valence-electron chi connectivity index (χ4n) is 2.81. The van der Waals surface area contributed by atoms with Crippen molar-refractivity contribution in [1.29, 1.82) is 0 Å². The first-order valence-corrected chi connectivity index (χ1v) is 8.44. The number of nitrogens with zero attached hydrogens (tertiary/aromatic N) is 4. The highest BCUT2D eigenvalue weighted by Gasteiger charge is 2.23. The van der Waals surface area contributed by atoms with Crippen molar-refractivity contribution in [1.82, 2.24) is 15.0 Å². The van der Waals surface area contributed by atoms with E-state index in [-0.39, 0.29) is 5.91 Å². The smallest absolute Gasteiger partial charge is 0.324 e. The largest absolute Gasteiger partial charge is 0.465 e. The van der Waals surface area contributed by atoms with Crippen molar-refractivity contribution in [2.24, 2.45) is 0 Å². The molecule has 7 heteroatoms. The molecule has 0 radical (unpaired) electrons. The minimum Gasteiger partial charge on any atom is -0.465 e. The Morgan fingerprint density at radius 1 is 1.04 bits per heavy atom. The summed E-state index contributed by atoms with van der Waals surface area (Å²) in [6.07, 6.45) is 4.80. The van der Waals surface area contributed by atoms with Crippen LogP contribution in [0.3, 0.4) is 0 Å². The molecule has 0 atom stereocenters. The first-order valence-electron chi connectivity index (χ1n) is 8.44. The van der Waals surface area contributed by atoms with Crippen molar-refractivity contribution < 1.29 is 13.7 Å². The molecule has 0 aliphatic carbocycles. The van der Waals surface area contributed by atoms with E-state index in [1.165, 1.54) is 6.08 Å². The van der Waals surface area contributed by atoms with Gasteiger partial charge in [0.1, 0.15) is 5.76 Å². The number of carbonyl (C=O) groups excluding carboxylic acids is 1. The van der Waals surface area contributed by atoms with E-state index in [2.05, 4.69) is 10.1 Å². The summed E-state index contributed by atoms with van der Waals surface area (Å²) in [4.78, 5) is 20.5. The molecule has 1 aliphatic heterocycles. The summed E-state index contributed by atoms with van der Waals surface area (Å²) < 4.78 is 10.6. The molecule has 0 N–H and O–H groups in total. The van der Waals surface area contributed by atoms with Crippen LogP contribution < -0.4 is 4.90 Å². The van der Waals surface area contributed by atoms with Gasteiger partial charge < -0.3 is 18.7 Å². The molecule has 2 aromatic heterocycles. The van der Waals surface area contributed by atoms with E-state index in [0.717, 1.165) is 5.56 Å². The summed E-state index contributed by atoms with van der Waals surface area (Å²) >= 11 is 0. The normalized spacial score (nSPS) is 14.9. The van der Waals surface area contributed by atoms with E-state index in [0.29, 0.717) is 43.8 Å². The molecule has 26 heavy (non-hydrogen) atoms. The number of carbonyl (C=O) groups is 1. The number of anilines is 1. The van der Waals surface area contributed by atoms with Gasteiger partial charge in [-0.2, -0.15) is 4.98 Å². The van der Waals surface area contributed by atoms with Crippen LogP contribution in [0.2, 0.25) is 0 Å². The Hall–Kier alpha value is -3.35. The van der Waals surface area contributed by atoms with Crippen molar-refractivity contribution in [2.45, 2.75) is 0 Å². The Balaban J connectivity index is 1.35. The molecule has 1 fully saturated rings. The molecule has 1 aliphatic rings. The predicted octanol–water partition coefficient (Wildman–Crippen LogP) is 2.69. The molecule has 1 aromatic carbocycles. The molecule has 0 bridgehead atoms. The summed E-state index contributed by atoms with van der Waals surface area (Å²) in [6, 6.07) is 13.8. The Bertz CT molecular complexity index is 879. The predicted molar refractivity (Wildman–Crippen MR) is 96.3 cm³/mol. The number of hydrogen-bond acceptors (Lipinski definition) is 6. The monoisotopic (exact) mass is 350 g/mol. The molecule has 3 heterocycles. The van der Waals surface area contributed by atoms with Gasteiger partial charge in [-0.1, -0.05) is 35.5 Å². The fraction of sp³-hybridized carbons (Fsp3) is 0.211. The Morgan fingerprint density at radius 2 is 1.85 bits per heavy atom. The quantitative estimate of drug-likeness (QED) is 0.674. The molecule has 0 unspecified atom stereocenters. The standard InChI is InChI=1S/C19H18N4O3/c24-17(9-8-16-7-4-14-25-16)22-10-12-23(13-11-22)19-20-18(21-26-19)15-5-2-1-3-6-15/h1-9,14H,10-13H2. The van der Waals surface area contributed by atoms with E-state index >= 15 is 0 Å². The topological polar surface area (TPSA) is 75.6 Å². The van der Waals surface area contributed by atoms with Crippen molar-refractivity contribution in [3.05, 3.63) is 60.6 Å². The minimum atomic E-state index is -0.0310. The maximum absolute atomic E-state index is 12.3. The van der Waals surface area contributed by atoms with Crippen LogP contribution in [-0.4, -0.2) is 47.1 Å². The lowest BCUT2D eigenvalue weighted by molar-refractivity contribution is -0.126. The molecular formula is C19H18N4O3. The van der Waals surface area contributed by atoms with Crippen LogP contribution in [0.15, 0.2) is 63.7 Å². The highest BCUT2D eigenvalue weighted by atomic mass is 16.5. The third kappa shape index (κ3) is 3.51. The molecule has 3 aromatic rings. The van der Waals surface area contributed by atoms with Gasteiger partial charge in [-0.15, -0.1) is 0 Å². The van der Waals surface area contributed by atoms with Crippen molar-refractivity contribution in [3.8, 4) is 11.4 Å². The number of rotatable bonds is 4. The number of furan rings is 1. The van der Waals surface area contributed by atoms with Crippen LogP contribution >= 0.6 is 0 Å². The molecular weight excluding hydrogens is 332 g/mol. The van der Waals surface area contributed by atoms with Gasteiger partial charge in [-0.25, -0.2) is 0 Å². The Kier molecular flexibility index (Phi) is 4.51. The van der Waals surface area contributed by atoms with Crippen LogP contribution in [0, 0.1) is 0 Å². The second-order valence-corrected chi connectivity index (χ2v) is 5.93. The average Bonchev–Trinajstić information content (AvgIpc) is 3.39. The molecule has 0 saturated carbocycles. The zero-order valence-corrected chi connectivity index (χ0v) is 14.1. The number of amides is 1. The van der Waals surface area contributed by atoms with Gasteiger partial charge in [0, 0.05) is 37.8 Å².